The van der Waals surface area contributed by atoms with E-state index < -0.39 is 0 Å². The van der Waals surface area contributed by atoms with Gasteiger partial charge in [-0.1, -0.05) is 23.7 Å². The number of nitrogens with one attached hydrogen (secondary N) is 2. The molecule has 2 aromatic rings. The van der Waals surface area contributed by atoms with E-state index in [4.69, 9.17) is 11.6 Å². The number of rotatable bonds is 1. The number of fused-ring (bicyclic) bond motifs is 3. The molecule has 2 aliphatic rings. The molecule has 1 aromatic carbocycles. The molecule has 0 radical (unpaired) electrons. The van der Waals surface area contributed by atoms with Crippen molar-refractivity contribution in [2.75, 3.05) is 18.9 Å². The van der Waals surface area contributed by atoms with Gasteiger partial charge in [0.2, 0.25) is 0 Å². The molecule has 0 saturated heterocycles. The van der Waals surface area contributed by atoms with Crippen molar-refractivity contribution < 1.29 is 4.79 Å². The highest BCUT2D eigenvalue weighted by Crippen LogP contribution is 2.40. The van der Waals surface area contributed by atoms with Gasteiger partial charge in [-0.25, -0.2) is 0 Å². The predicted octanol–water partition coefficient (Wildman–Crippen LogP) is 3.24. The minimum absolute atomic E-state index is 0.0238. The van der Waals surface area contributed by atoms with Crippen LogP contribution in [0.4, 0.5) is 5.00 Å². The lowest BCUT2D eigenvalue weighted by atomic mass is 10.0. The number of nitrogens with zero attached hydrogens (tertiary/aromatic N) is 1. The van der Waals surface area contributed by atoms with E-state index in [9.17, 15) is 4.79 Å². The Morgan fingerprint density at radius 2 is 2.05 bits per heavy atom. The quantitative estimate of drug-likeness (QED) is 0.842. The Labute approximate surface area is 138 Å². The average Bonchev–Trinajstić information content (AvgIpc) is 2.85. The molecule has 22 heavy (non-hydrogen) atoms. The molecule has 0 saturated carbocycles. The number of hydrogen-bond donors (Lipinski definition) is 2. The average molecular weight is 334 g/mol. The second-order valence-corrected chi connectivity index (χ2v) is 7.34. The van der Waals surface area contributed by atoms with Crippen LogP contribution in [0.1, 0.15) is 32.5 Å². The Kier molecular flexibility index (Phi) is 3.36. The lowest BCUT2D eigenvalue weighted by molar-refractivity contribution is 0.0935. The molecule has 4 nitrogen and oxygen atoms in total. The first-order chi connectivity index (χ1) is 10.6. The number of amides is 1. The minimum atomic E-state index is -0.199. The van der Waals surface area contributed by atoms with Crippen molar-refractivity contribution in [3.63, 3.8) is 0 Å². The zero-order valence-corrected chi connectivity index (χ0v) is 13.7. The fraction of sp³-hybridized carbons (Fsp3) is 0.312. The summed E-state index contributed by atoms with van der Waals surface area (Å²) in [6, 6.07) is 7.56. The topological polar surface area (TPSA) is 44.4 Å². The van der Waals surface area contributed by atoms with Gasteiger partial charge in [-0.3, -0.25) is 4.79 Å². The van der Waals surface area contributed by atoms with Gasteiger partial charge in [-0.2, -0.15) is 0 Å². The van der Waals surface area contributed by atoms with E-state index in [1.54, 1.807) is 11.3 Å². The van der Waals surface area contributed by atoms with Gasteiger partial charge in [0, 0.05) is 23.0 Å². The van der Waals surface area contributed by atoms with Crippen LogP contribution in [0, 0.1) is 0 Å². The number of likely N-dealkylation sites (N-methyl/N-ethyl adjacent to an activating group) is 1. The summed E-state index contributed by atoms with van der Waals surface area (Å²) in [5, 5.41) is 8.20. The second-order valence-electron chi connectivity index (χ2n) is 5.80. The van der Waals surface area contributed by atoms with Crippen LogP contribution in [0.5, 0.6) is 0 Å². The Morgan fingerprint density at radius 3 is 2.82 bits per heavy atom. The second kappa shape index (κ2) is 5.26. The van der Waals surface area contributed by atoms with Crippen molar-refractivity contribution in [2.45, 2.75) is 19.1 Å². The number of anilines is 1. The summed E-state index contributed by atoms with van der Waals surface area (Å²) >= 11 is 7.64. The molecule has 1 aromatic heterocycles. The lowest BCUT2D eigenvalue weighted by Crippen LogP contribution is -2.38. The van der Waals surface area contributed by atoms with Crippen molar-refractivity contribution >= 4 is 33.8 Å². The maximum atomic E-state index is 12.6. The third kappa shape index (κ3) is 2.29. The third-order valence-corrected chi connectivity index (χ3v) is 5.63. The van der Waals surface area contributed by atoms with Crippen LogP contribution in [-0.4, -0.2) is 24.4 Å². The molecule has 0 spiro atoms. The first-order valence-corrected chi connectivity index (χ1v) is 8.47. The molecule has 1 amide bonds. The van der Waals surface area contributed by atoms with Crippen LogP contribution in [0.25, 0.3) is 0 Å². The predicted molar refractivity (Wildman–Crippen MR) is 89.6 cm³/mol. The van der Waals surface area contributed by atoms with Crippen LogP contribution >= 0.6 is 22.9 Å². The summed E-state index contributed by atoms with van der Waals surface area (Å²) in [4.78, 5) is 16.2. The summed E-state index contributed by atoms with van der Waals surface area (Å²) in [5.74, 6) is 0.0238. The van der Waals surface area contributed by atoms with E-state index in [1.807, 2.05) is 24.3 Å². The van der Waals surface area contributed by atoms with Gasteiger partial charge < -0.3 is 15.5 Å². The molecule has 0 fully saturated rings. The van der Waals surface area contributed by atoms with Gasteiger partial charge in [0.15, 0.2) is 0 Å². The molecule has 2 N–H and O–H groups in total. The SMILES string of the molecule is CN1CCc2c(sc3c2C(=O)NC(c2ccc(Cl)cc2)N3)C1. The van der Waals surface area contributed by atoms with Crippen molar-refractivity contribution in [1.29, 1.82) is 0 Å². The molecule has 0 aliphatic carbocycles. The summed E-state index contributed by atoms with van der Waals surface area (Å²) in [6.45, 7) is 1.93. The van der Waals surface area contributed by atoms with Crippen molar-refractivity contribution in [2.24, 2.45) is 0 Å². The largest absolute Gasteiger partial charge is 0.353 e. The highest BCUT2D eigenvalue weighted by atomic mass is 35.5. The normalized spacial score (nSPS) is 20.8. The van der Waals surface area contributed by atoms with Crippen molar-refractivity contribution in [3.05, 3.63) is 50.9 Å². The molecule has 114 valence electrons. The molecule has 2 aliphatic heterocycles. The Hall–Kier alpha value is -1.56. The van der Waals surface area contributed by atoms with Gasteiger partial charge in [0.05, 0.1) is 5.56 Å². The van der Waals surface area contributed by atoms with E-state index in [1.165, 1.54) is 10.4 Å². The zero-order chi connectivity index (χ0) is 15.3. The smallest absolute Gasteiger partial charge is 0.256 e. The third-order valence-electron chi connectivity index (χ3n) is 4.23. The maximum absolute atomic E-state index is 12.6. The number of carbonyl (C=O) groups excluding carboxylic acids is 1. The summed E-state index contributed by atoms with van der Waals surface area (Å²) in [7, 11) is 2.12. The fourth-order valence-corrected chi connectivity index (χ4v) is 4.54. The first-order valence-electron chi connectivity index (χ1n) is 7.28. The number of hydrogen-bond acceptors (Lipinski definition) is 4. The molecular weight excluding hydrogens is 318 g/mol. The molecule has 4 rings (SSSR count). The van der Waals surface area contributed by atoms with Crippen molar-refractivity contribution in [1.82, 2.24) is 10.2 Å². The number of benzene rings is 1. The van der Waals surface area contributed by atoms with Crippen LogP contribution < -0.4 is 10.6 Å². The molecule has 1 atom stereocenters. The van der Waals surface area contributed by atoms with E-state index in [0.29, 0.717) is 5.02 Å². The fourth-order valence-electron chi connectivity index (χ4n) is 3.07. The molecular formula is C16H16ClN3OS. The summed E-state index contributed by atoms with van der Waals surface area (Å²) < 4.78 is 0. The standard InChI is InChI=1S/C16H16ClN3OS/c1-20-7-6-11-12(8-20)22-16-13(11)15(21)18-14(19-16)9-2-4-10(17)5-3-9/h2-5,14,19H,6-8H2,1H3,(H,18,21). The zero-order valence-electron chi connectivity index (χ0n) is 12.1. The van der Waals surface area contributed by atoms with Crippen LogP contribution in [0.3, 0.4) is 0 Å². The van der Waals surface area contributed by atoms with Gasteiger partial charge in [-0.05, 0) is 36.7 Å². The minimum Gasteiger partial charge on any atom is -0.353 e. The first kappa shape index (κ1) is 14.1. The van der Waals surface area contributed by atoms with E-state index in [-0.39, 0.29) is 12.1 Å². The lowest BCUT2D eigenvalue weighted by Gasteiger charge is -2.27. The Bertz CT molecular complexity index is 741. The summed E-state index contributed by atoms with van der Waals surface area (Å²) in [5.41, 5.74) is 3.07. The number of carbonyl (C=O) groups is 1. The molecule has 6 heteroatoms. The van der Waals surface area contributed by atoms with Gasteiger partial charge >= 0.3 is 0 Å². The van der Waals surface area contributed by atoms with Crippen LogP contribution in [0.2, 0.25) is 5.02 Å². The molecule has 3 heterocycles. The summed E-state index contributed by atoms with van der Waals surface area (Å²) in [6.07, 6.45) is 0.744. The number of halogens is 1. The highest BCUT2D eigenvalue weighted by molar-refractivity contribution is 7.16. The van der Waals surface area contributed by atoms with Gasteiger partial charge in [-0.15, -0.1) is 11.3 Å². The van der Waals surface area contributed by atoms with E-state index in [2.05, 4.69) is 22.6 Å². The van der Waals surface area contributed by atoms with Crippen LogP contribution in [-0.2, 0) is 13.0 Å². The van der Waals surface area contributed by atoms with Crippen molar-refractivity contribution in [3.8, 4) is 0 Å². The molecule has 1 unspecified atom stereocenters. The maximum Gasteiger partial charge on any atom is 0.256 e. The Balaban J connectivity index is 1.69. The monoisotopic (exact) mass is 333 g/mol. The van der Waals surface area contributed by atoms with Gasteiger partial charge in [0.25, 0.3) is 5.91 Å². The highest BCUT2D eigenvalue weighted by Gasteiger charge is 2.32. The van der Waals surface area contributed by atoms with E-state index >= 15 is 0 Å². The Morgan fingerprint density at radius 1 is 1.27 bits per heavy atom. The van der Waals surface area contributed by atoms with E-state index in [0.717, 1.165) is 35.6 Å². The van der Waals surface area contributed by atoms with Gasteiger partial charge in [0.1, 0.15) is 11.2 Å². The number of thiophene rings is 1. The molecule has 0 bridgehead atoms. The van der Waals surface area contributed by atoms with Crippen LogP contribution in [0.15, 0.2) is 24.3 Å².